The number of benzene rings is 1. The SMILES string of the molecule is Cn1ccc2c(-c3cnccc3C(=O)CCC(=O)N3CC(F)(F)C[C@H]3C#N)cccc21. The Morgan fingerprint density at radius 1 is 1.23 bits per heavy atom. The molecule has 1 atom stereocenters. The zero-order valence-corrected chi connectivity index (χ0v) is 16.9. The van der Waals surface area contributed by atoms with E-state index in [4.69, 9.17) is 5.26 Å². The third-order valence-electron chi connectivity index (χ3n) is 5.64. The average Bonchev–Trinajstić information content (AvgIpc) is 3.30. The number of nitriles is 1. The maximum atomic E-state index is 13.6. The topological polar surface area (TPSA) is 79.0 Å². The standard InChI is InChI=1S/C23H20F2N4O2/c1-28-10-8-17-16(3-2-4-20(17)28)19-13-27-9-7-18(19)21(30)5-6-22(31)29-14-23(24,25)11-15(29)12-26/h2-4,7-10,13,15H,5-6,11,14H2,1H3/t15-/m0/s1. The molecule has 1 aliphatic heterocycles. The molecule has 158 valence electrons. The third kappa shape index (κ3) is 3.91. The van der Waals surface area contributed by atoms with Crippen molar-refractivity contribution in [2.45, 2.75) is 31.2 Å². The fourth-order valence-electron chi connectivity index (χ4n) is 4.08. The fourth-order valence-corrected chi connectivity index (χ4v) is 4.08. The summed E-state index contributed by atoms with van der Waals surface area (Å²) in [5.74, 6) is -3.97. The molecule has 6 nitrogen and oxygen atoms in total. The lowest BCUT2D eigenvalue weighted by atomic mass is 9.95. The lowest BCUT2D eigenvalue weighted by molar-refractivity contribution is -0.132. The summed E-state index contributed by atoms with van der Waals surface area (Å²) < 4.78 is 29.2. The van der Waals surface area contributed by atoms with Crippen molar-refractivity contribution < 1.29 is 18.4 Å². The summed E-state index contributed by atoms with van der Waals surface area (Å²) in [5, 5.41) is 10.0. The molecule has 0 bridgehead atoms. The fraction of sp³-hybridized carbons (Fsp3) is 0.304. The molecule has 3 aromatic rings. The molecule has 1 aromatic carbocycles. The highest BCUT2D eigenvalue weighted by Gasteiger charge is 2.47. The highest BCUT2D eigenvalue weighted by molar-refractivity contribution is 6.07. The number of rotatable bonds is 5. The zero-order chi connectivity index (χ0) is 22.2. The second-order valence-electron chi connectivity index (χ2n) is 7.74. The van der Waals surface area contributed by atoms with Crippen LogP contribution in [0.3, 0.4) is 0 Å². The third-order valence-corrected chi connectivity index (χ3v) is 5.64. The molecule has 1 amide bonds. The Morgan fingerprint density at radius 3 is 2.81 bits per heavy atom. The van der Waals surface area contributed by atoms with Gasteiger partial charge in [0.05, 0.1) is 12.6 Å². The molecule has 8 heteroatoms. The molecule has 31 heavy (non-hydrogen) atoms. The second kappa shape index (κ2) is 7.91. The predicted molar refractivity (Wildman–Crippen MR) is 110 cm³/mol. The molecule has 0 N–H and O–H groups in total. The van der Waals surface area contributed by atoms with Crippen LogP contribution in [0, 0.1) is 11.3 Å². The molecule has 1 saturated heterocycles. The number of hydrogen-bond donors (Lipinski definition) is 0. The van der Waals surface area contributed by atoms with Crippen LogP contribution in [-0.2, 0) is 11.8 Å². The van der Waals surface area contributed by atoms with Crippen molar-refractivity contribution in [2.75, 3.05) is 6.54 Å². The van der Waals surface area contributed by atoms with Crippen molar-refractivity contribution in [1.29, 1.82) is 5.26 Å². The van der Waals surface area contributed by atoms with Crippen molar-refractivity contribution in [3.8, 4) is 17.2 Å². The smallest absolute Gasteiger partial charge is 0.268 e. The Kier molecular flexibility index (Phi) is 5.27. The number of fused-ring (bicyclic) bond motifs is 1. The number of likely N-dealkylation sites (tertiary alicyclic amines) is 1. The quantitative estimate of drug-likeness (QED) is 0.583. The Bertz CT molecular complexity index is 1210. The van der Waals surface area contributed by atoms with Gasteiger partial charge in [-0.1, -0.05) is 12.1 Å². The Morgan fingerprint density at radius 2 is 2.03 bits per heavy atom. The summed E-state index contributed by atoms with van der Waals surface area (Å²) in [6.07, 6.45) is 4.02. The van der Waals surface area contributed by atoms with Gasteiger partial charge in [-0.05, 0) is 23.8 Å². The molecule has 1 fully saturated rings. The minimum Gasteiger partial charge on any atom is -0.351 e. The zero-order valence-electron chi connectivity index (χ0n) is 16.9. The molecule has 0 spiro atoms. The van der Waals surface area contributed by atoms with Gasteiger partial charge >= 0.3 is 0 Å². The van der Waals surface area contributed by atoms with Crippen molar-refractivity contribution in [1.82, 2.24) is 14.5 Å². The molecule has 4 rings (SSSR count). The van der Waals surface area contributed by atoms with E-state index < -0.39 is 30.8 Å². The van der Waals surface area contributed by atoms with Crippen LogP contribution in [0.25, 0.3) is 22.0 Å². The van der Waals surface area contributed by atoms with Gasteiger partial charge in [0.15, 0.2) is 5.78 Å². The summed E-state index contributed by atoms with van der Waals surface area (Å²) in [7, 11) is 1.93. The highest BCUT2D eigenvalue weighted by atomic mass is 19.3. The molecule has 1 aliphatic rings. The number of amides is 1. The first kappa shape index (κ1) is 20.7. The first-order chi connectivity index (χ1) is 14.8. The number of Topliss-reactive ketones (excluding diaryl/α,β-unsaturated/α-hetero) is 1. The van der Waals surface area contributed by atoms with Crippen molar-refractivity contribution in [3.63, 3.8) is 0 Å². The van der Waals surface area contributed by atoms with Gasteiger partial charge < -0.3 is 9.47 Å². The van der Waals surface area contributed by atoms with Crippen LogP contribution >= 0.6 is 0 Å². The minimum absolute atomic E-state index is 0.138. The van der Waals surface area contributed by atoms with E-state index in [-0.39, 0.29) is 18.6 Å². The molecule has 2 aromatic heterocycles. The van der Waals surface area contributed by atoms with Gasteiger partial charge in [-0.25, -0.2) is 8.78 Å². The van der Waals surface area contributed by atoms with Gasteiger partial charge in [-0.2, -0.15) is 5.26 Å². The maximum Gasteiger partial charge on any atom is 0.268 e. The monoisotopic (exact) mass is 422 g/mol. The molecule has 3 heterocycles. The summed E-state index contributed by atoms with van der Waals surface area (Å²) in [5.41, 5.74) is 2.93. The van der Waals surface area contributed by atoms with Crippen LogP contribution in [0.1, 0.15) is 29.6 Å². The van der Waals surface area contributed by atoms with E-state index in [0.29, 0.717) is 11.1 Å². The van der Waals surface area contributed by atoms with E-state index in [1.165, 1.54) is 6.20 Å². The number of ketones is 1. The number of carbonyl (C=O) groups is 2. The predicted octanol–water partition coefficient (Wildman–Crippen LogP) is 3.96. The maximum absolute atomic E-state index is 13.6. The summed E-state index contributed by atoms with van der Waals surface area (Å²) in [6, 6.07) is 9.94. The van der Waals surface area contributed by atoms with E-state index in [1.807, 2.05) is 42.1 Å². The largest absolute Gasteiger partial charge is 0.351 e. The second-order valence-corrected chi connectivity index (χ2v) is 7.74. The molecule has 0 saturated carbocycles. The molecule has 0 aliphatic carbocycles. The van der Waals surface area contributed by atoms with Crippen LogP contribution in [0.15, 0.2) is 48.9 Å². The number of hydrogen-bond acceptors (Lipinski definition) is 4. The Balaban J connectivity index is 1.56. The number of halogens is 2. The molecule has 0 radical (unpaired) electrons. The lowest BCUT2D eigenvalue weighted by Gasteiger charge is -2.19. The number of pyridine rings is 1. The molecular formula is C23H20F2N4O2. The van der Waals surface area contributed by atoms with Crippen LogP contribution < -0.4 is 0 Å². The van der Waals surface area contributed by atoms with Gasteiger partial charge in [0, 0.05) is 66.9 Å². The summed E-state index contributed by atoms with van der Waals surface area (Å²) in [6.45, 7) is -0.783. The van der Waals surface area contributed by atoms with Gasteiger partial charge in [0.1, 0.15) is 6.04 Å². The van der Waals surface area contributed by atoms with E-state index >= 15 is 0 Å². The highest BCUT2D eigenvalue weighted by Crippen LogP contribution is 2.33. The van der Waals surface area contributed by atoms with Gasteiger partial charge in [0.25, 0.3) is 5.92 Å². The molecular weight excluding hydrogens is 402 g/mol. The van der Waals surface area contributed by atoms with Crippen LogP contribution in [0.4, 0.5) is 8.78 Å². The van der Waals surface area contributed by atoms with Crippen LogP contribution in [0.2, 0.25) is 0 Å². The Hall–Kier alpha value is -3.60. The normalized spacial score (nSPS) is 17.6. The number of alkyl halides is 2. The Labute approximate surface area is 177 Å². The van der Waals surface area contributed by atoms with Gasteiger partial charge in [0.2, 0.25) is 5.91 Å². The minimum atomic E-state index is -3.08. The number of aromatic nitrogens is 2. The van der Waals surface area contributed by atoms with Crippen LogP contribution in [-0.4, -0.2) is 44.7 Å². The average molecular weight is 422 g/mol. The van der Waals surface area contributed by atoms with E-state index in [0.717, 1.165) is 21.4 Å². The van der Waals surface area contributed by atoms with E-state index in [9.17, 15) is 18.4 Å². The van der Waals surface area contributed by atoms with Gasteiger partial charge in [-0.3, -0.25) is 14.6 Å². The van der Waals surface area contributed by atoms with Crippen molar-refractivity contribution in [2.24, 2.45) is 7.05 Å². The number of aryl methyl sites for hydroxylation is 1. The summed E-state index contributed by atoms with van der Waals surface area (Å²) >= 11 is 0. The van der Waals surface area contributed by atoms with Gasteiger partial charge in [-0.15, -0.1) is 0 Å². The summed E-state index contributed by atoms with van der Waals surface area (Å²) in [4.78, 5) is 30.4. The lowest BCUT2D eigenvalue weighted by Crippen LogP contribution is -2.36. The van der Waals surface area contributed by atoms with Crippen LogP contribution in [0.5, 0.6) is 0 Å². The van der Waals surface area contributed by atoms with Crippen molar-refractivity contribution >= 4 is 22.6 Å². The number of nitrogens with zero attached hydrogens (tertiary/aromatic N) is 4. The van der Waals surface area contributed by atoms with E-state index in [1.54, 1.807) is 18.3 Å². The first-order valence-corrected chi connectivity index (χ1v) is 9.89. The number of carbonyl (C=O) groups excluding carboxylic acids is 2. The van der Waals surface area contributed by atoms with Crippen molar-refractivity contribution in [3.05, 3.63) is 54.5 Å². The van der Waals surface area contributed by atoms with E-state index in [2.05, 4.69) is 4.98 Å². The first-order valence-electron chi connectivity index (χ1n) is 9.89. The molecule has 0 unspecified atom stereocenters.